The van der Waals surface area contributed by atoms with E-state index in [1.54, 1.807) is 6.07 Å². The van der Waals surface area contributed by atoms with E-state index in [9.17, 15) is 4.39 Å². The average molecular weight is 272 g/mol. The van der Waals surface area contributed by atoms with Crippen molar-refractivity contribution in [3.05, 3.63) is 47.0 Å². The zero-order valence-corrected chi connectivity index (χ0v) is 11.7. The highest BCUT2D eigenvalue weighted by atomic mass is 19.1. The van der Waals surface area contributed by atoms with Crippen molar-refractivity contribution >= 4 is 5.69 Å². The van der Waals surface area contributed by atoms with Crippen molar-refractivity contribution in [3.8, 4) is 6.07 Å². The van der Waals surface area contributed by atoms with E-state index in [-0.39, 0.29) is 0 Å². The molecule has 4 nitrogen and oxygen atoms in total. The normalized spacial score (nSPS) is 10.3. The average Bonchev–Trinajstić information content (AvgIpc) is 2.72. The van der Waals surface area contributed by atoms with Crippen molar-refractivity contribution in [2.24, 2.45) is 0 Å². The predicted molar refractivity (Wildman–Crippen MR) is 75.9 cm³/mol. The van der Waals surface area contributed by atoms with E-state index < -0.39 is 5.82 Å². The molecule has 0 aliphatic carbocycles. The highest BCUT2D eigenvalue weighted by molar-refractivity contribution is 5.49. The molecule has 0 fully saturated rings. The van der Waals surface area contributed by atoms with Crippen molar-refractivity contribution in [2.75, 3.05) is 11.9 Å². The molecule has 2 rings (SSSR count). The summed E-state index contributed by atoms with van der Waals surface area (Å²) in [7, 11) is 0. The highest BCUT2D eigenvalue weighted by Crippen LogP contribution is 2.13. The summed E-state index contributed by atoms with van der Waals surface area (Å²) in [5.74, 6) is -0.398. The lowest BCUT2D eigenvalue weighted by atomic mass is 10.2. The molecule has 5 heteroatoms. The van der Waals surface area contributed by atoms with Crippen molar-refractivity contribution in [2.45, 2.75) is 26.8 Å². The molecule has 0 saturated heterocycles. The van der Waals surface area contributed by atoms with Gasteiger partial charge in [0.15, 0.2) is 0 Å². The fourth-order valence-electron chi connectivity index (χ4n) is 2.12. The Morgan fingerprint density at radius 3 is 2.75 bits per heavy atom. The lowest BCUT2D eigenvalue weighted by Gasteiger charge is -2.08. The van der Waals surface area contributed by atoms with E-state index in [0.717, 1.165) is 24.4 Å². The van der Waals surface area contributed by atoms with Crippen LogP contribution in [-0.2, 0) is 6.54 Å². The second-order valence-corrected chi connectivity index (χ2v) is 4.77. The molecule has 20 heavy (non-hydrogen) atoms. The number of hydrogen-bond donors (Lipinski definition) is 1. The zero-order chi connectivity index (χ0) is 14.5. The lowest BCUT2D eigenvalue weighted by molar-refractivity contribution is 0.573. The Balaban J connectivity index is 1.86. The molecule has 0 atom stereocenters. The van der Waals surface area contributed by atoms with Gasteiger partial charge in [0.05, 0.1) is 17.3 Å². The summed E-state index contributed by atoms with van der Waals surface area (Å²) in [6, 6.07) is 8.24. The summed E-state index contributed by atoms with van der Waals surface area (Å²) in [6.45, 7) is 5.51. The minimum atomic E-state index is -0.398. The molecule has 0 aliphatic heterocycles. The zero-order valence-electron chi connectivity index (χ0n) is 11.7. The molecular weight excluding hydrogens is 255 g/mol. The van der Waals surface area contributed by atoms with Crippen LogP contribution in [-0.4, -0.2) is 16.3 Å². The monoisotopic (exact) mass is 272 g/mol. The van der Waals surface area contributed by atoms with Crippen LogP contribution in [0.25, 0.3) is 0 Å². The summed E-state index contributed by atoms with van der Waals surface area (Å²) in [5, 5.41) is 16.3. The minimum absolute atomic E-state index is 0.325. The maximum atomic E-state index is 13.2. The molecule has 0 aliphatic rings. The number of nitrogens with zero attached hydrogens (tertiary/aromatic N) is 3. The molecule has 0 amide bonds. The Bertz CT molecular complexity index is 640. The first-order valence-electron chi connectivity index (χ1n) is 6.54. The van der Waals surface area contributed by atoms with E-state index >= 15 is 0 Å². The van der Waals surface area contributed by atoms with E-state index in [1.165, 1.54) is 12.1 Å². The van der Waals surface area contributed by atoms with Crippen LogP contribution in [0, 0.1) is 31.0 Å². The number of anilines is 1. The highest BCUT2D eigenvalue weighted by Gasteiger charge is 2.02. The summed E-state index contributed by atoms with van der Waals surface area (Å²) in [5.41, 5.74) is 3.11. The Morgan fingerprint density at radius 1 is 1.30 bits per heavy atom. The number of nitrogens with one attached hydrogen (secondary N) is 1. The molecule has 0 bridgehead atoms. The Labute approximate surface area is 117 Å². The van der Waals surface area contributed by atoms with Crippen LogP contribution in [0.1, 0.15) is 23.4 Å². The van der Waals surface area contributed by atoms with Gasteiger partial charge in [0, 0.05) is 24.5 Å². The fraction of sp³-hybridized carbons (Fsp3) is 0.333. The molecule has 1 heterocycles. The summed E-state index contributed by atoms with van der Waals surface area (Å²) >= 11 is 0. The van der Waals surface area contributed by atoms with Gasteiger partial charge in [-0.2, -0.15) is 10.4 Å². The molecule has 2 aromatic rings. The van der Waals surface area contributed by atoms with E-state index in [2.05, 4.69) is 10.4 Å². The molecule has 0 spiro atoms. The first-order valence-corrected chi connectivity index (χ1v) is 6.54. The molecule has 104 valence electrons. The Kier molecular flexibility index (Phi) is 4.36. The molecular formula is C15H17FN4. The summed E-state index contributed by atoms with van der Waals surface area (Å²) in [6.07, 6.45) is 0.875. The van der Waals surface area contributed by atoms with Crippen LogP contribution >= 0.6 is 0 Å². The van der Waals surface area contributed by atoms with Gasteiger partial charge in [-0.15, -0.1) is 0 Å². The Hall–Kier alpha value is -2.35. The fourth-order valence-corrected chi connectivity index (χ4v) is 2.12. The quantitative estimate of drug-likeness (QED) is 0.851. The number of aromatic nitrogens is 2. The number of halogens is 1. The van der Waals surface area contributed by atoms with Crippen LogP contribution < -0.4 is 5.32 Å². The number of benzene rings is 1. The van der Waals surface area contributed by atoms with Gasteiger partial charge in [0.25, 0.3) is 0 Å². The third-order valence-corrected chi connectivity index (χ3v) is 3.01. The number of aryl methyl sites for hydroxylation is 3. The second-order valence-electron chi connectivity index (χ2n) is 4.77. The van der Waals surface area contributed by atoms with Crippen LogP contribution in [0.3, 0.4) is 0 Å². The van der Waals surface area contributed by atoms with E-state index in [4.69, 9.17) is 5.26 Å². The second kappa shape index (κ2) is 6.20. The molecule has 1 aromatic carbocycles. The standard InChI is InChI=1S/C15H17FN4/c1-11-6-12(2)20(19-11)5-3-4-18-15-8-13(10-17)7-14(16)9-15/h6-9,18H,3-5H2,1-2H3. The maximum Gasteiger partial charge on any atom is 0.126 e. The van der Waals surface area contributed by atoms with Crippen LogP contribution in [0.4, 0.5) is 10.1 Å². The molecule has 1 aromatic heterocycles. The largest absolute Gasteiger partial charge is 0.385 e. The van der Waals surface area contributed by atoms with Crippen molar-refractivity contribution in [1.29, 1.82) is 5.26 Å². The lowest BCUT2D eigenvalue weighted by Crippen LogP contribution is -2.09. The summed E-state index contributed by atoms with van der Waals surface area (Å²) < 4.78 is 15.2. The number of nitriles is 1. The number of rotatable bonds is 5. The SMILES string of the molecule is Cc1cc(C)n(CCCNc2cc(F)cc(C#N)c2)n1. The third kappa shape index (κ3) is 3.58. The van der Waals surface area contributed by atoms with Gasteiger partial charge < -0.3 is 5.32 Å². The van der Waals surface area contributed by atoms with Gasteiger partial charge in [-0.25, -0.2) is 4.39 Å². The predicted octanol–water partition coefficient (Wildman–Crippen LogP) is 3.01. The molecule has 0 saturated carbocycles. The van der Waals surface area contributed by atoms with Gasteiger partial charge in [0.2, 0.25) is 0 Å². The van der Waals surface area contributed by atoms with Gasteiger partial charge in [-0.05, 0) is 44.5 Å². The first kappa shape index (κ1) is 14.1. The molecule has 0 radical (unpaired) electrons. The first-order chi connectivity index (χ1) is 9.58. The topological polar surface area (TPSA) is 53.6 Å². The van der Waals surface area contributed by atoms with Crippen molar-refractivity contribution in [3.63, 3.8) is 0 Å². The summed E-state index contributed by atoms with van der Waals surface area (Å²) in [4.78, 5) is 0. The number of hydrogen-bond acceptors (Lipinski definition) is 3. The molecule has 0 unspecified atom stereocenters. The third-order valence-electron chi connectivity index (χ3n) is 3.01. The van der Waals surface area contributed by atoms with Crippen LogP contribution in [0.15, 0.2) is 24.3 Å². The van der Waals surface area contributed by atoms with E-state index in [0.29, 0.717) is 17.8 Å². The Morgan fingerprint density at radius 2 is 2.10 bits per heavy atom. The van der Waals surface area contributed by atoms with Gasteiger partial charge in [0.1, 0.15) is 5.82 Å². The van der Waals surface area contributed by atoms with E-state index in [1.807, 2.05) is 30.7 Å². The van der Waals surface area contributed by atoms with Crippen LogP contribution in [0.5, 0.6) is 0 Å². The maximum absolute atomic E-state index is 13.2. The minimum Gasteiger partial charge on any atom is -0.385 e. The van der Waals surface area contributed by atoms with Crippen LogP contribution in [0.2, 0.25) is 0 Å². The van der Waals surface area contributed by atoms with Crippen molar-refractivity contribution < 1.29 is 4.39 Å². The van der Waals surface area contributed by atoms with Gasteiger partial charge >= 0.3 is 0 Å². The van der Waals surface area contributed by atoms with Gasteiger partial charge in [-0.1, -0.05) is 0 Å². The molecule has 1 N–H and O–H groups in total. The van der Waals surface area contributed by atoms with Gasteiger partial charge in [-0.3, -0.25) is 4.68 Å². The van der Waals surface area contributed by atoms with Crippen molar-refractivity contribution in [1.82, 2.24) is 9.78 Å². The smallest absolute Gasteiger partial charge is 0.126 e.